The van der Waals surface area contributed by atoms with E-state index in [4.69, 9.17) is 0 Å². The number of rotatable bonds is 6. The Labute approximate surface area is 146 Å². The largest absolute Gasteiger partial charge is 0.338 e. The van der Waals surface area contributed by atoms with E-state index in [9.17, 15) is 19.7 Å². The van der Waals surface area contributed by atoms with Gasteiger partial charge in [0.05, 0.1) is 11.1 Å². The van der Waals surface area contributed by atoms with Gasteiger partial charge in [-0.3, -0.25) is 24.3 Å². The highest BCUT2D eigenvalue weighted by molar-refractivity contribution is 5.76. The van der Waals surface area contributed by atoms with Crippen molar-refractivity contribution in [1.82, 2.24) is 9.47 Å². The molecule has 0 spiro atoms. The minimum Gasteiger partial charge on any atom is -0.338 e. The molecule has 1 amide bonds. The number of allylic oxidation sites excluding steroid dienone is 2. The van der Waals surface area contributed by atoms with Gasteiger partial charge in [0.25, 0.3) is 11.2 Å². The molecule has 0 saturated heterocycles. The second-order valence-corrected chi connectivity index (χ2v) is 7.29. The van der Waals surface area contributed by atoms with Gasteiger partial charge in [0.15, 0.2) is 0 Å². The van der Waals surface area contributed by atoms with Gasteiger partial charge in [-0.15, -0.1) is 0 Å². The lowest BCUT2D eigenvalue weighted by molar-refractivity contribution is -0.385. The van der Waals surface area contributed by atoms with E-state index in [-0.39, 0.29) is 24.2 Å². The number of carbonyl (C=O) groups is 1. The van der Waals surface area contributed by atoms with E-state index in [1.54, 1.807) is 4.90 Å². The zero-order chi connectivity index (χ0) is 18.1. The second-order valence-electron chi connectivity index (χ2n) is 7.29. The van der Waals surface area contributed by atoms with Crippen molar-refractivity contribution in [2.24, 2.45) is 17.8 Å². The zero-order valence-electron chi connectivity index (χ0n) is 14.5. The van der Waals surface area contributed by atoms with Gasteiger partial charge >= 0.3 is 0 Å². The minimum absolute atomic E-state index is 0.0185. The first-order valence-corrected chi connectivity index (χ1v) is 8.68. The first-order valence-electron chi connectivity index (χ1n) is 8.68. The van der Waals surface area contributed by atoms with Crippen LogP contribution >= 0.6 is 0 Å². The Bertz CT molecular complexity index is 768. The maximum Gasteiger partial charge on any atom is 0.285 e. The highest BCUT2D eigenvalue weighted by atomic mass is 16.6. The van der Waals surface area contributed by atoms with Gasteiger partial charge < -0.3 is 4.90 Å². The zero-order valence-corrected chi connectivity index (χ0v) is 14.5. The van der Waals surface area contributed by atoms with Crippen LogP contribution in [-0.4, -0.2) is 32.9 Å². The van der Waals surface area contributed by atoms with Crippen molar-refractivity contribution in [1.29, 1.82) is 0 Å². The smallest absolute Gasteiger partial charge is 0.285 e. The molecule has 134 valence electrons. The number of aromatic nitrogens is 1. The molecule has 3 atom stereocenters. The molecule has 7 heteroatoms. The summed E-state index contributed by atoms with van der Waals surface area (Å²) in [5, 5.41) is 10.9. The number of pyridine rings is 1. The van der Waals surface area contributed by atoms with E-state index in [2.05, 4.69) is 12.2 Å². The summed E-state index contributed by atoms with van der Waals surface area (Å²) in [6.45, 7) is 4.41. The van der Waals surface area contributed by atoms with Crippen LogP contribution in [0.4, 0.5) is 5.69 Å². The molecule has 2 bridgehead atoms. The molecular formula is C18H23N3O4. The lowest BCUT2D eigenvalue weighted by Crippen LogP contribution is -2.43. The quantitative estimate of drug-likeness (QED) is 0.449. The van der Waals surface area contributed by atoms with E-state index in [1.165, 1.54) is 6.42 Å². The number of nitrogens with zero attached hydrogens (tertiary/aromatic N) is 3. The SMILES string of the molecule is CC(C)N(C[C@H]1C[C@H]2C=C[C@H]1C2)C(=O)Cn1cc([N+](=O)[O-])ccc1=O. The number of amides is 1. The van der Waals surface area contributed by atoms with Crippen LogP contribution in [0.3, 0.4) is 0 Å². The molecule has 3 rings (SSSR count). The first kappa shape index (κ1) is 17.4. The summed E-state index contributed by atoms with van der Waals surface area (Å²) in [4.78, 5) is 36.8. The number of carbonyl (C=O) groups excluding carboxylic acids is 1. The Morgan fingerprint density at radius 1 is 1.36 bits per heavy atom. The van der Waals surface area contributed by atoms with Crippen molar-refractivity contribution in [2.75, 3.05) is 6.54 Å². The van der Waals surface area contributed by atoms with Crippen LogP contribution in [0.15, 0.2) is 35.3 Å². The Kier molecular flexibility index (Phi) is 4.74. The molecule has 7 nitrogen and oxygen atoms in total. The molecule has 1 aromatic heterocycles. The van der Waals surface area contributed by atoms with Crippen LogP contribution in [0.2, 0.25) is 0 Å². The van der Waals surface area contributed by atoms with E-state index in [1.807, 2.05) is 13.8 Å². The standard InChI is InChI=1S/C18H23N3O4/c1-12(2)20(9-15-8-13-3-4-14(15)7-13)18(23)11-19-10-16(21(24)25)5-6-17(19)22/h3-6,10,12-15H,7-9,11H2,1-2H3/t13-,14-,15+/m0/s1. The molecule has 25 heavy (non-hydrogen) atoms. The first-order chi connectivity index (χ1) is 11.8. The van der Waals surface area contributed by atoms with Gasteiger partial charge in [0, 0.05) is 24.7 Å². The maximum atomic E-state index is 12.8. The summed E-state index contributed by atoms with van der Waals surface area (Å²) < 4.78 is 1.12. The fourth-order valence-electron chi connectivity index (χ4n) is 3.94. The predicted molar refractivity (Wildman–Crippen MR) is 93.0 cm³/mol. The fourth-order valence-corrected chi connectivity index (χ4v) is 3.94. The Balaban J connectivity index is 1.73. The molecule has 0 aliphatic heterocycles. The maximum absolute atomic E-state index is 12.8. The normalized spacial score (nSPS) is 24.0. The molecule has 1 saturated carbocycles. The molecule has 2 aliphatic rings. The predicted octanol–water partition coefficient (Wildman–Crippen LogP) is 2.21. The average Bonchev–Trinajstić information content (AvgIpc) is 3.16. The molecule has 1 aromatic rings. The van der Waals surface area contributed by atoms with Crippen LogP contribution < -0.4 is 5.56 Å². The molecule has 0 unspecified atom stereocenters. The lowest BCUT2D eigenvalue weighted by Gasteiger charge is -2.32. The van der Waals surface area contributed by atoms with Crippen molar-refractivity contribution in [3.63, 3.8) is 0 Å². The number of hydrogen-bond acceptors (Lipinski definition) is 4. The summed E-state index contributed by atoms with van der Waals surface area (Å²) >= 11 is 0. The van der Waals surface area contributed by atoms with Gasteiger partial charge in [-0.05, 0) is 44.4 Å². The number of nitro groups is 1. The van der Waals surface area contributed by atoms with Crippen molar-refractivity contribution < 1.29 is 9.72 Å². The van der Waals surface area contributed by atoms with Crippen molar-refractivity contribution >= 4 is 11.6 Å². The highest BCUT2D eigenvalue weighted by Gasteiger charge is 2.37. The molecule has 0 aromatic carbocycles. The van der Waals surface area contributed by atoms with Crippen LogP contribution in [0.5, 0.6) is 0 Å². The van der Waals surface area contributed by atoms with Gasteiger partial charge in [-0.1, -0.05) is 12.2 Å². The van der Waals surface area contributed by atoms with E-state index in [0.717, 1.165) is 29.3 Å². The molecule has 0 radical (unpaired) electrons. The lowest BCUT2D eigenvalue weighted by atomic mass is 9.92. The number of hydrogen-bond donors (Lipinski definition) is 0. The monoisotopic (exact) mass is 345 g/mol. The Hall–Kier alpha value is -2.44. The third-order valence-electron chi connectivity index (χ3n) is 5.28. The van der Waals surface area contributed by atoms with E-state index in [0.29, 0.717) is 24.3 Å². The second kappa shape index (κ2) is 6.82. The van der Waals surface area contributed by atoms with Crippen molar-refractivity contribution in [2.45, 2.75) is 39.3 Å². The average molecular weight is 345 g/mol. The van der Waals surface area contributed by atoms with Crippen LogP contribution in [0.1, 0.15) is 26.7 Å². The van der Waals surface area contributed by atoms with Gasteiger partial charge in [-0.2, -0.15) is 0 Å². The number of fused-ring (bicyclic) bond motifs is 2. The van der Waals surface area contributed by atoms with Gasteiger partial charge in [0.1, 0.15) is 6.54 Å². The molecule has 1 fully saturated rings. The van der Waals surface area contributed by atoms with Crippen molar-refractivity contribution in [3.8, 4) is 0 Å². The Morgan fingerprint density at radius 3 is 2.68 bits per heavy atom. The molecule has 0 N–H and O–H groups in total. The summed E-state index contributed by atoms with van der Waals surface area (Å²) in [6, 6.07) is 2.31. The van der Waals surface area contributed by atoms with Crippen molar-refractivity contribution in [3.05, 3.63) is 50.9 Å². The van der Waals surface area contributed by atoms with Gasteiger partial charge in [0.2, 0.25) is 5.91 Å². The third kappa shape index (κ3) is 3.65. The van der Waals surface area contributed by atoms with Crippen LogP contribution in [0, 0.1) is 27.9 Å². The van der Waals surface area contributed by atoms with E-state index >= 15 is 0 Å². The fraction of sp³-hybridized carbons (Fsp3) is 0.556. The summed E-state index contributed by atoms with van der Waals surface area (Å²) in [5.41, 5.74) is -0.604. The third-order valence-corrected chi connectivity index (χ3v) is 5.28. The van der Waals surface area contributed by atoms with E-state index < -0.39 is 10.5 Å². The highest BCUT2D eigenvalue weighted by Crippen LogP contribution is 2.43. The minimum atomic E-state index is -0.567. The summed E-state index contributed by atoms with van der Waals surface area (Å²) in [5.74, 6) is 1.46. The summed E-state index contributed by atoms with van der Waals surface area (Å²) in [6.07, 6.45) is 7.95. The van der Waals surface area contributed by atoms with Crippen LogP contribution in [0.25, 0.3) is 0 Å². The van der Waals surface area contributed by atoms with Crippen LogP contribution in [-0.2, 0) is 11.3 Å². The Morgan fingerprint density at radius 2 is 2.12 bits per heavy atom. The van der Waals surface area contributed by atoms with Gasteiger partial charge in [-0.25, -0.2) is 0 Å². The molecule has 1 heterocycles. The molecule has 2 aliphatic carbocycles. The molecular weight excluding hydrogens is 322 g/mol. The topological polar surface area (TPSA) is 85.4 Å². The summed E-state index contributed by atoms with van der Waals surface area (Å²) in [7, 11) is 0.